The van der Waals surface area contributed by atoms with Crippen LogP contribution < -0.4 is 10.6 Å². The van der Waals surface area contributed by atoms with Crippen LogP contribution in [0.1, 0.15) is 25.8 Å². The summed E-state index contributed by atoms with van der Waals surface area (Å²) >= 11 is 0. The van der Waals surface area contributed by atoms with Gasteiger partial charge in [0.2, 0.25) is 0 Å². The molecule has 102 valence electrons. The Morgan fingerprint density at radius 3 is 2.74 bits per heavy atom. The van der Waals surface area contributed by atoms with Crippen LogP contribution in [0.4, 0.5) is 5.82 Å². The highest BCUT2D eigenvalue weighted by atomic mass is 15.2. The minimum absolute atomic E-state index is 0.526. The van der Waals surface area contributed by atoms with Crippen LogP contribution >= 0.6 is 0 Å². The van der Waals surface area contributed by atoms with Gasteiger partial charge in [0, 0.05) is 31.1 Å². The summed E-state index contributed by atoms with van der Waals surface area (Å²) in [6, 6.07) is 10.4. The molecule has 0 spiro atoms. The highest BCUT2D eigenvalue weighted by Gasteiger charge is 2.12. The maximum Gasteiger partial charge on any atom is 0.133 e. The Balaban J connectivity index is 2.40. The highest BCUT2D eigenvalue weighted by Crippen LogP contribution is 2.23. The predicted molar refractivity (Wildman–Crippen MR) is 82.4 cm³/mol. The van der Waals surface area contributed by atoms with E-state index in [2.05, 4.69) is 44.0 Å². The summed E-state index contributed by atoms with van der Waals surface area (Å²) in [6.45, 7) is 6.02. The lowest BCUT2D eigenvalue weighted by molar-refractivity contribution is 0.557. The van der Waals surface area contributed by atoms with Crippen molar-refractivity contribution in [3.05, 3.63) is 35.9 Å². The first-order valence-electron chi connectivity index (χ1n) is 6.95. The lowest BCUT2D eigenvalue weighted by Gasteiger charge is -2.24. The molecule has 0 radical (unpaired) electrons. The van der Waals surface area contributed by atoms with Crippen LogP contribution in [0, 0.1) is 5.92 Å². The molecule has 0 saturated heterocycles. The van der Waals surface area contributed by atoms with E-state index in [0.717, 1.165) is 28.8 Å². The molecule has 2 aromatic rings. The van der Waals surface area contributed by atoms with Crippen LogP contribution in [0.2, 0.25) is 0 Å². The Bertz CT molecular complexity index is 551. The van der Waals surface area contributed by atoms with Crippen LogP contribution in [0.15, 0.2) is 30.3 Å². The number of aromatic nitrogens is 1. The molecule has 1 aromatic heterocycles. The molecule has 0 fully saturated rings. The van der Waals surface area contributed by atoms with Gasteiger partial charge in [0.15, 0.2) is 0 Å². The molecule has 0 aliphatic carbocycles. The monoisotopic (exact) mass is 257 g/mol. The number of nitrogens with two attached hydrogens (primary N) is 1. The fourth-order valence-electron chi connectivity index (χ4n) is 2.31. The Morgan fingerprint density at radius 1 is 1.32 bits per heavy atom. The second kappa shape index (κ2) is 6.02. The lowest BCUT2D eigenvalue weighted by atomic mass is 10.1. The van der Waals surface area contributed by atoms with Gasteiger partial charge in [-0.2, -0.15) is 0 Å². The van der Waals surface area contributed by atoms with E-state index in [1.54, 1.807) is 0 Å². The van der Waals surface area contributed by atoms with Gasteiger partial charge in [-0.25, -0.2) is 4.98 Å². The van der Waals surface area contributed by atoms with Crippen molar-refractivity contribution in [2.75, 3.05) is 18.5 Å². The summed E-state index contributed by atoms with van der Waals surface area (Å²) in [6.07, 6.45) is 1.18. The minimum atomic E-state index is 0.526. The van der Waals surface area contributed by atoms with Crippen molar-refractivity contribution in [3.8, 4) is 0 Å². The van der Waals surface area contributed by atoms with Crippen molar-refractivity contribution in [1.82, 2.24) is 4.98 Å². The molecule has 0 saturated carbocycles. The number of anilines is 1. The maximum atomic E-state index is 5.88. The second-order valence-electron chi connectivity index (χ2n) is 5.26. The lowest BCUT2D eigenvalue weighted by Crippen LogP contribution is -2.26. The first kappa shape index (κ1) is 13.8. The zero-order chi connectivity index (χ0) is 13.8. The highest BCUT2D eigenvalue weighted by molar-refractivity contribution is 5.81. The molecule has 1 unspecified atom stereocenters. The summed E-state index contributed by atoms with van der Waals surface area (Å²) in [7, 11) is 2.10. The number of pyridine rings is 1. The smallest absolute Gasteiger partial charge is 0.133 e. The predicted octanol–water partition coefficient (Wildman–Crippen LogP) is 3.18. The van der Waals surface area contributed by atoms with Crippen molar-refractivity contribution < 1.29 is 0 Å². The van der Waals surface area contributed by atoms with Gasteiger partial charge in [-0.3, -0.25) is 0 Å². The first-order valence-corrected chi connectivity index (χ1v) is 6.95. The molecule has 19 heavy (non-hydrogen) atoms. The van der Waals surface area contributed by atoms with Crippen LogP contribution in [-0.4, -0.2) is 18.6 Å². The van der Waals surface area contributed by atoms with Crippen molar-refractivity contribution in [2.24, 2.45) is 11.7 Å². The largest absolute Gasteiger partial charge is 0.359 e. The van der Waals surface area contributed by atoms with Gasteiger partial charge in [0.25, 0.3) is 0 Å². The quantitative estimate of drug-likeness (QED) is 0.894. The summed E-state index contributed by atoms with van der Waals surface area (Å²) in [5.74, 6) is 1.67. The molecule has 2 N–H and O–H groups in total. The molecule has 3 nitrogen and oxygen atoms in total. The molecular formula is C16H23N3. The normalized spacial score (nSPS) is 12.6. The number of hydrogen-bond acceptors (Lipinski definition) is 3. The number of nitrogens with zero attached hydrogens (tertiary/aromatic N) is 2. The standard InChI is InChI=1S/C16H23N3/c1-4-12(2)11-19(3)16-14(10-17)9-13-7-5-6-8-15(13)18-16/h5-9,12H,4,10-11,17H2,1-3H3. The Hall–Kier alpha value is -1.61. The number of fused-ring (bicyclic) bond motifs is 1. The van der Waals surface area contributed by atoms with Gasteiger partial charge in [0.05, 0.1) is 5.52 Å². The third-order valence-corrected chi connectivity index (χ3v) is 3.64. The SMILES string of the molecule is CCC(C)CN(C)c1nc2ccccc2cc1CN. The molecule has 1 aromatic carbocycles. The van der Waals surface area contributed by atoms with E-state index in [0.29, 0.717) is 12.5 Å². The van der Waals surface area contributed by atoms with Gasteiger partial charge >= 0.3 is 0 Å². The van der Waals surface area contributed by atoms with E-state index in [-0.39, 0.29) is 0 Å². The van der Waals surface area contributed by atoms with Crippen LogP contribution in [-0.2, 0) is 6.54 Å². The molecule has 3 heteroatoms. The Kier molecular flexibility index (Phi) is 4.38. The molecule has 0 amide bonds. The van der Waals surface area contributed by atoms with E-state index in [9.17, 15) is 0 Å². The van der Waals surface area contributed by atoms with Gasteiger partial charge in [-0.1, -0.05) is 38.5 Å². The Morgan fingerprint density at radius 2 is 2.05 bits per heavy atom. The molecule has 0 bridgehead atoms. The molecule has 2 rings (SSSR count). The zero-order valence-corrected chi connectivity index (χ0v) is 12.1. The number of para-hydroxylation sites is 1. The van der Waals surface area contributed by atoms with Crippen LogP contribution in [0.3, 0.4) is 0 Å². The van der Waals surface area contributed by atoms with Crippen LogP contribution in [0.25, 0.3) is 10.9 Å². The number of benzene rings is 1. The van der Waals surface area contributed by atoms with Crippen molar-refractivity contribution in [2.45, 2.75) is 26.8 Å². The van der Waals surface area contributed by atoms with Gasteiger partial charge < -0.3 is 10.6 Å². The van der Waals surface area contributed by atoms with E-state index in [1.807, 2.05) is 12.1 Å². The number of rotatable bonds is 5. The number of hydrogen-bond donors (Lipinski definition) is 1. The topological polar surface area (TPSA) is 42.2 Å². The van der Waals surface area contributed by atoms with Gasteiger partial charge in [0.1, 0.15) is 5.82 Å². The van der Waals surface area contributed by atoms with Gasteiger partial charge in [-0.15, -0.1) is 0 Å². The summed E-state index contributed by atoms with van der Waals surface area (Å²) in [5, 5.41) is 1.16. The first-order chi connectivity index (χ1) is 9.15. The fraction of sp³-hybridized carbons (Fsp3) is 0.438. The van der Waals surface area contributed by atoms with E-state index in [4.69, 9.17) is 10.7 Å². The molecule has 0 aliphatic heterocycles. The van der Waals surface area contributed by atoms with Crippen molar-refractivity contribution >= 4 is 16.7 Å². The average molecular weight is 257 g/mol. The van der Waals surface area contributed by atoms with Crippen LogP contribution in [0.5, 0.6) is 0 Å². The fourth-order valence-corrected chi connectivity index (χ4v) is 2.31. The van der Waals surface area contributed by atoms with Gasteiger partial charge in [-0.05, 0) is 18.1 Å². The average Bonchev–Trinajstić information content (AvgIpc) is 2.45. The molecular weight excluding hydrogens is 234 g/mol. The minimum Gasteiger partial charge on any atom is -0.359 e. The van der Waals surface area contributed by atoms with Crippen molar-refractivity contribution in [3.63, 3.8) is 0 Å². The molecule has 1 heterocycles. The maximum absolute atomic E-state index is 5.88. The van der Waals surface area contributed by atoms with E-state index in [1.165, 1.54) is 6.42 Å². The second-order valence-corrected chi connectivity index (χ2v) is 5.26. The van der Waals surface area contributed by atoms with E-state index >= 15 is 0 Å². The molecule has 0 aliphatic rings. The molecule has 1 atom stereocenters. The van der Waals surface area contributed by atoms with Crippen molar-refractivity contribution in [1.29, 1.82) is 0 Å². The Labute approximate surface area is 115 Å². The summed E-state index contributed by atoms with van der Waals surface area (Å²) in [4.78, 5) is 7.00. The summed E-state index contributed by atoms with van der Waals surface area (Å²) in [5.41, 5.74) is 8.02. The summed E-state index contributed by atoms with van der Waals surface area (Å²) < 4.78 is 0. The zero-order valence-electron chi connectivity index (χ0n) is 12.1. The van der Waals surface area contributed by atoms with E-state index < -0.39 is 0 Å². The third-order valence-electron chi connectivity index (χ3n) is 3.64. The third kappa shape index (κ3) is 3.04.